The fraction of sp³-hybridized carbons (Fsp3) is 0.500. The fourth-order valence-electron chi connectivity index (χ4n) is 2.49. The summed E-state index contributed by atoms with van der Waals surface area (Å²) in [5.41, 5.74) is 0.657. The summed E-state index contributed by atoms with van der Waals surface area (Å²) in [6, 6.07) is 9.22. The lowest BCUT2D eigenvalue weighted by Crippen LogP contribution is -2.29. The van der Waals surface area contributed by atoms with Gasteiger partial charge in [-0.2, -0.15) is 5.26 Å². The monoisotopic (exact) mass is 230 g/mol. The van der Waals surface area contributed by atoms with Gasteiger partial charge < -0.3 is 10.4 Å². The molecule has 0 amide bonds. The molecule has 3 nitrogen and oxygen atoms in total. The second kappa shape index (κ2) is 5.58. The summed E-state index contributed by atoms with van der Waals surface area (Å²) in [5, 5.41) is 22.1. The van der Waals surface area contributed by atoms with Crippen LogP contribution in [0.25, 0.3) is 0 Å². The summed E-state index contributed by atoms with van der Waals surface area (Å²) in [6.07, 6.45) is 5.93. The van der Waals surface area contributed by atoms with E-state index in [1.165, 1.54) is 19.3 Å². The van der Waals surface area contributed by atoms with Crippen molar-refractivity contribution in [3.63, 3.8) is 0 Å². The van der Waals surface area contributed by atoms with Crippen molar-refractivity contribution in [1.29, 1.82) is 5.26 Å². The van der Waals surface area contributed by atoms with E-state index < -0.39 is 0 Å². The lowest BCUT2D eigenvalue weighted by Gasteiger charge is -2.27. The molecule has 0 saturated heterocycles. The Labute approximate surface area is 102 Å². The fourth-order valence-corrected chi connectivity index (χ4v) is 2.49. The number of phenols is 1. The van der Waals surface area contributed by atoms with Crippen molar-refractivity contribution in [1.82, 2.24) is 0 Å². The molecule has 0 radical (unpaired) electrons. The molecule has 90 valence electrons. The second-order valence-corrected chi connectivity index (χ2v) is 4.67. The minimum absolute atomic E-state index is 0.191. The van der Waals surface area contributed by atoms with Gasteiger partial charge in [-0.1, -0.05) is 31.4 Å². The molecule has 1 aliphatic carbocycles. The van der Waals surface area contributed by atoms with E-state index in [1.807, 2.05) is 12.1 Å². The van der Waals surface area contributed by atoms with Gasteiger partial charge in [0.2, 0.25) is 0 Å². The SMILES string of the molecule is N#C[C@H](Nc1ccccc1O)C1CCCCC1. The third-order valence-corrected chi connectivity index (χ3v) is 3.48. The number of nitriles is 1. The van der Waals surface area contributed by atoms with Gasteiger partial charge in [0.05, 0.1) is 11.8 Å². The zero-order chi connectivity index (χ0) is 12.1. The van der Waals surface area contributed by atoms with Crippen molar-refractivity contribution in [3.8, 4) is 11.8 Å². The van der Waals surface area contributed by atoms with Crippen molar-refractivity contribution >= 4 is 5.69 Å². The average molecular weight is 230 g/mol. The van der Waals surface area contributed by atoms with Crippen molar-refractivity contribution in [2.75, 3.05) is 5.32 Å². The molecule has 2 rings (SSSR count). The van der Waals surface area contributed by atoms with E-state index in [2.05, 4.69) is 11.4 Å². The van der Waals surface area contributed by atoms with Gasteiger partial charge in [0.1, 0.15) is 11.8 Å². The maximum atomic E-state index is 9.68. The topological polar surface area (TPSA) is 56.0 Å². The van der Waals surface area contributed by atoms with Crippen LogP contribution in [0, 0.1) is 17.2 Å². The molecule has 0 aliphatic heterocycles. The Hall–Kier alpha value is -1.69. The van der Waals surface area contributed by atoms with Gasteiger partial charge in [0, 0.05) is 0 Å². The van der Waals surface area contributed by atoms with Gasteiger partial charge in [-0.25, -0.2) is 0 Å². The van der Waals surface area contributed by atoms with E-state index in [0.717, 1.165) is 12.8 Å². The number of anilines is 1. The highest BCUT2D eigenvalue weighted by atomic mass is 16.3. The largest absolute Gasteiger partial charge is 0.506 e. The second-order valence-electron chi connectivity index (χ2n) is 4.67. The highest BCUT2D eigenvalue weighted by Crippen LogP contribution is 2.30. The van der Waals surface area contributed by atoms with Crippen LogP contribution in [-0.2, 0) is 0 Å². The van der Waals surface area contributed by atoms with Gasteiger partial charge in [0.25, 0.3) is 0 Å². The lowest BCUT2D eigenvalue weighted by atomic mass is 9.84. The van der Waals surface area contributed by atoms with Crippen LogP contribution in [0.4, 0.5) is 5.69 Å². The normalized spacial score (nSPS) is 18.3. The van der Waals surface area contributed by atoms with E-state index in [0.29, 0.717) is 11.6 Å². The number of nitrogens with one attached hydrogen (secondary N) is 1. The van der Waals surface area contributed by atoms with Gasteiger partial charge in [0.15, 0.2) is 0 Å². The zero-order valence-electron chi connectivity index (χ0n) is 9.89. The molecule has 1 aliphatic rings. The molecule has 1 saturated carbocycles. The number of para-hydroxylation sites is 2. The summed E-state index contributed by atoms with van der Waals surface area (Å²) >= 11 is 0. The number of aromatic hydroxyl groups is 1. The van der Waals surface area contributed by atoms with Crippen molar-refractivity contribution in [3.05, 3.63) is 24.3 Å². The zero-order valence-corrected chi connectivity index (χ0v) is 9.89. The third-order valence-electron chi connectivity index (χ3n) is 3.48. The Morgan fingerprint density at radius 2 is 1.94 bits per heavy atom. The number of nitrogens with zero attached hydrogens (tertiary/aromatic N) is 1. The molecule has 3 heteroatoms. The smallest absolute Gasteiger partial charge is 0.138 e. The summed E-state index contributed by atoms with van der Waals surface area (Å²) in [7, 11) is 0. The molecule has 0 bridgehead atoms. The molecule has 0 unspecified atom stereocenters. The summed E-state index contributed by atoms with van der Waals surface area (Å²) < 4.78 is 0. The van der Waals surface area contributed by atoms with Crippen LogP contribution >= 0.6 is 0 Å². The van der Waals surface area contributed by atoms with E-state index in [4.69, 9.17) is 0 Å². The first-order chi connectivity index (χ1) is 8.31. The van der Waals surface area contributed by atoms with E-state index >= 15 is 0 Å². The third kappa shape index (κ3) is 2.91. The molecule has 1 aromatic carbocycles. The van der Waals surface area contributed by atoms with Gasteiger partial charge in [-0.15, -0.1) is 0 Å². The quantitative estimate of drug-likeness (QED) is 0.783. The highest BCUT2D eigenvalue weighted by Gasteiger charge is 2.23. The molecule has 2 N–H and O–H groups in total. The first-order valence-electron chi connectivity index (χ1n) is 6.25. The number of benzene rings is 1. The Bertz CT molecular complexity index is 405. The molecule has 0 heterocycles. The number of hydrogen-bond acceptors (Lipinski definition) is 3. The Balaban J connectivity index is 2.05. The number of rotatable bonds is 3. The molecule has 1 aromatic rings. The standard InChI is InChI=1S/C14H18N2O/c15-10-13(11-6-2-1-3-7-11)16-12-8-4-5-9-14(12)17/h4-5,8-9,11,13,16-17H,1-3,6-7H2/t13-/m0/s1. The molecular formula is C14H18N2O. The molecule has 1 atom stereocenters. The van der Waals surface area contributed by atoms with Crippen LogP contribution in [0.15, 0.2) is 24.3 Å². The predicted octanol–water partition coefficient (Wildman–Crippen LogP) is 3.28. The van der Waals surface area contributed by atoms with Crippen LogP contribution < -0.4 is 5.32 Å². The lowest BCUT2D eigenvalue weighted by molar-refractivity contribution is 0.345. The number of hydrogen-bond donors (Lipinski definition) is 2. The van der Waals surface area contributed by atoms with E-state index in [9.17, 15) is 10.4 Å². The maximum Gasteiger partial charge on any atom is 0.138 e. The molecular weight excluding hydrogens is 212 g/mol. The summed E-state index contributed by atoms with van der Waals surface area (Å²) in [4.78, 5) is 0. The maximum absolute atomic E-state index is 9.68. The van der Waals surface area contributed by atoms with Crippen LogP contribution in [0.1, 0.15) is 32.1 Å². The van der Waals surface area contributed by atoms with Crippen molar-refractivity contribution < 1.29 is 5.11 Å². The number of phenolic OH excluding ortho intramolecular Hbond substituents is 1. The van der Waals surface area contributed by atoms with E-state index in [1.54, 1.807) is 12.1 Å². The van der Waals surface area contributed by atoms with Crippen LogP contribution in [0.2, 0.25) is 0 Å². The van der Waals surface area contributed by atoms with Gasteiger partial charge in [-0.3, -0.25) is 0 Å². The summed E-state index contributed by atoms with van der Waals surface area (Å²) in [5.74, 6) is 0.622. The Morgan fingerprint density at radius 1 is 1.24 bits per heavy atom. The van der Waals surface area contributed by atoms with Gasteiger partial charge in [-0.05, 0) is 30.9 Å². The van der Waals surface area contributed by atoms with Crippen LogP contribution in [0.3, 0.4) is 0 Å². The highest BCUT2D eigenvalue weighted by molar-refractivity contribution is 5.56. The first kappa shape index (κ1) is 11.8. The van der Waals surface area contributed by atoms with Crippen LogP contribution in [0.5, 0.6) is 5.75 Å². The van der Waals surface area contributed by atoms with Crippen molar-refractivity contribution in [2.45, 2.75) is 38.1 Å². The Morgan fingerprint density at radius 3 is 2.59 bits per heavy atom. The molecule has 17 heavy (non-hydrogen) atoms. The predicted molar refractivity (Wildman–Crippen MR) is 67.7 cm³/mol. The van der Waals surface area contributed by atoms with Crippen LogP contribution in [-0.4, -0.2) is 11.1 Å². The van der Waals surface area contributed by atoms with Crippen molar-refractivity contribution in [2.24, 2.45) is 5.92 Å². The minimum Gasteiger partial charge on any atom is -0.506 e. The molecule has 1 fully saturated rings. The average Bonchev–Trinajstić information content (AvgIpc) is 2.39. The van der Waals surface area contributed by atoms with Gasteiger partial charge >= 0.3 is 0 Å². The molecule has 0 spiro atoms. The summed E-state index contributed by atoms with van der Waals surface area (Å²) in [6.45, 7) is 0. The molecule has 0 aromatic heterocycles. The Kier molecular flexibility index (Phi) is 3.87. The first-order valence-corrected chi connectivity index (χ1v) is 6.25. The minimum atomic E-state index is -0.191. The van der Waals surface area contributed by atoms with E-state index in [-0.39, 0.29) is 11.8 Å².